The van der Waals surface area contributed by atoms with E-state index in [9.17, 15) is 0 Å². The van der Waals surface area contributed by atoms with E-state index in [1.165, 1.54) is 11.1 Å². The molecule has 4 heteroatoms. The van der Waals surface area contributed by atoms with Crippen molar-refractivity contribution in [3.05, 3.63) is 59.7 Å². The average Bonchev–Trinajstić information content (AvgIpc) is 2.57. The van der Waals surface area contributed by atoms with Crippen molar-refractivity contribution in [2.75, 3.05) is 26.7 Å². The molecule has 120 valence electrons. The second-order valence-corrected chi connectivity index (χ2v) is 6.30. The Bertz CT molecular complexity index is 527. The van der Waals surface area contributed by atoms with Gasteiger partial charge in [0.25, 0.3) is 0 Å². The van der Waals surface area contributed by atoms with Crippen molar-refractivity contribution in [1.29, 1.82) is 0 Å². The molecule has 0 N–H and O–H groups in total. The molecule has 0 aliphatic heterocycles. The molecule has 0 fully saturated rings. The van der Waals surface area contributed by atoms with Gasteiger partial charge in [-0.15, -0.1) is 0 Å². The Kier molecular flexibility index (Phi) is 9.67. The molecular formula is C18H24O2S2. The Morgan fingerprint density at radius 1 is 0.727 bits per heavy atom. The van der Waals surface area contributed by atoms with Crippen molar-refractivity contribution in [2.24, 2.45) is 0 Å². The third kappa shape index (κ3) is 7.14. The Morgan fingerprint density at radius 3 is 1.86 bits per heavy atom. The summed E-state index contributed by atoms with van der Waals surface area (Å²) in [6, 6.07) is 16.3. The lowest BCUT2D eigenvalue weighted by molar-refractivity contribution is 0.414. The van der Waals surface area contributed by atoms with Gasteiger partial charge in [0.1, 0.15) is 11.5 Å². The first-order valence-corrected chi connectivity index (χ1v) is 9.76. The van der Waals surface area contributed by atoms with E-state index >= 15 is 0 Å². The maximum atomic E-state index is 5.09. The Labute approximate surface area is 142 Å². The van der Waals surface area contributed by atoms with Gasteiger partial charge in [-0.1, -0.05) is 24.3 Å². The van der Waals surface area contributed by atoms with Crippen molar-refractivity contribution in [1.82, 2.24) is 0 Å². The Balaban J connectivity index is 0.000000220. The number of benzene rings is 2. The van der Waals surface area contributed by atoms with Crippen LogP contribution in [0.25, 0.3) is 0 Å². The largest absolute Gasteiger partial charge is 0.497 e. The molecule has 0 radical (unpaired) electrons. The maximum Gasteiger partial charge on any atom is 0.119 e. The molecule has 0 aromatic heterocycles. The van der Waals surface area contributed by atoms with Crippen LogP contribution in [0.2, 0.25) is 0 Å². The topological polar surface area (TPSA) is 18.5 Å². The van der Waals surface area contributed by atoms with E-state index in [4.69, 9.17) is 9.47 Å². The summed E-state index contributed by atoms with van der Waals surface area (Å²) >= 11 is 3.65. The molecule has 22 heavy (non-hydrogen) atoms. The van der Waals surface area contributed by atoms with Crippen molar-refractivity contribution >= 4 is 23.5 Å². The zero-order chi connectivity index (χ0) is 16.2. The number of thioether (sulfide) groups is 2. The van der Waals surface area contributed by atoms with E-state index in [2.05, 4.69) is 36.8 Å². The number of ether oxygens (including phenoxy) is 2. The van der Waals surface area contributed by atoms with Crippen LogP contribution in [0.1, 0.15) is 11.1 Å². The smallest absolute Gasteiger partial charge is 0.119 e. The highest BCUT2D eigenvalue weighted by atomic mass is 32.2. The summed E-state index contributed by atoms with van der Waals surface area (Å²) in [6.45, 7) is 0. The standard InChI is InChI=1S/2C9H12OS/c1-10-9-5-3-8(4-6-9)7-11-2;1-10-9-5-3-4-8(6-9)7-11-2/h2*3-6H,7H2,1-2H3. The number of hydrogen-bond donors (Lipinski definition) is 0. The summed E-state index contributed by atoms with van der Waals surface area (Å²) in [5, 5.41) is 0. The Hall–Kier alpha value is -1.26. The lowest BCUT2D eigenvalue weighted by Crippen LogP contribution is -1.84. The van der Waals surface area contributed by atoms with Crippen molar-refractivity contribution in [3.8, 4) is 11.5 Å². The van der Waals surface area contributed by atoms with Crippen LogP contribution in [-0.2, 0) is 11.5 Å². The van der Waals surface area contributed by atoms with Crippen LogP contribution in [0.3, 0.4) is 0 Å². The van der Waals surface area contributed by atoms with Crippen LogP contribution in [0.5, 0.6) is 11.5 Å². The van der Waals surface area contributed by atoms with Gasteiger partial charge < -0.3 is 9.47 Å². The van der Waals surface area contributed by atoms with E-state index in [1.54, 1.807) is 14.2 Å². The molecule has 2 aromatic carbocycles. The van der Waals surface area contributed by atoms with Gasteiger partial charge in [0, 0.05) is 11.5 Å². The van der Waals surface area contributed by atoms with E-state index in [0.717, 1.165) is 23.0 Å². The third-order valence-corrected chi connectivity index (χ3v) is 4.16. The summed E-state index contributed by atoms with van der Waals surface area (Å²) < 4.78 is 10.1. The van der Waals surface area contributed by atoms with Gasteiger partial charge in [-0.2, -0.15) is 23.5 Å². The van der Waals surface area contributed by atoms with Crippen LogP contribution in [0.15, 0.2) is 48.5 Å². The van der Waals surface area contributed by atoms with Gasteiger partial charge in [0.15, 0.2) is 0 Å². The molecule has 0 spiro atoms. The summed E-state index contributed by atoms with van der Waals surface area (Å²) in [6.07, 6.45) is 4.20. The molecule has 2 nitrogen and oxygen atoms in total. The second kappa shape index (κ2) is 11.3. The van der Waals surface area contributed by atoms with Crippen LogP contribution >= 0.6 is 23.5 Å². The zero-order valence-electron chi connectivity index (χ0n) is 13.7. The highest BCUT2D eigenvalue weighted by Crippen LogP contribution is 2.16. The molecule has 2 aromatic rings. The minimum Gasteiger partial charge on any atom is -0.497 e. The lowest BCUT2D eigenvalue weighted by Gasteiger charge is -2.01. The number of hydrogen-bond acceptors (Lipinski definition) is 4. The summed E-state index contributed by atoms with van der Waals surface area (Å²) in [5.41, 5.74) is 2.66. The average molecular weight is 337 g/mol. The summed E-state index contributed by atoms with van der Waals surface area (Å²) in [4.78, 5) is 0. The molecule has 0 saturated heterocycles. The van der Waals surface area contributed by atoms with Gasteiger partial charge in [0.2, 0.25) is 0 Å². The van der Waals surface area contributed by atoms with Gasteiger partial charge in [-0.3, -0.25) is 0 Å². The monoisotopic (exact) mass is 336 g/mol. The maximum absolute atomic E-state index is 5.09. The Morgan fingerprint density at radius 2 is 1.32 bits per heavy atom. The first-order chi connectivity index (χ1) is 10.7. The molecule has 0 heterocycles. The molecule has 2 rings (SSSR count). The van der Waals surface area contributed by atoms with Gasteiger partial charge in [-0.25, -0.2) is 0 Å². The predicted octanol–water partition coefficient (Wildman–Crippen LogP) is 5.12. The molecule has 0 unspecified atom stereocenters. The number of methoxy groups -OCH3 is 2. The molecule has 0 amide bonds. The highest BCUT2D eigenvalue weighted by Gasteiger charge is 1.93. The third-order valence-electron chi connectivity index (χ3n) is 2.92. The van der Waals surface area contributed by atoms with Gasteiger partial charge >= 0.3 is 0 Å². The van der Waals surface area contributed by atoms with Crippen LogP contribution < -0.4 is 9.47 Å². The second-order valence-electron chi connectivity index (χ2n) is 4.57. The minimum absolute atomic E-state index is 0.926. The fourth-order valence-corrected chi connectivity index (χ4v) is 2.86. The van der Waals surface area contributed by atoms with E-state index < -0.39 is 0 Å². The molecular weight excluding hydrogens is 312 g/mol. The van der Waals surface area contributed by atoms with Gasteiger partial charge in [0.05, 0.1) is 14.2 Å². The first kappa shape index (κ1) is 18.8. The van der Waals surface area contributed by atoms with E-state index in [-0.39, 0.29) is 0 Å². The fraction of sp³-hybridized carbons (Fsp3) is 0.333. The SMILES string of the molecule is COc1ccc(CSC)cc1.COc1cccc(CSC)c1. The first-order valence-electron chi connectivity index (χ1n) is 6.97. The fourth-order valence-electron chi connectivity index (χ4n) is 1.82. The molecule has 0 bridgehead atoms. The summed E-state index contributed by atoms with van der Waals surface area (Å²) in [5.74, 6) is 3.99. The van der Waals surface area contributed by atoms with Crippen LogP contribution in [0.4, 0.5) is 0 Å². The predicted molar refractivity (Wildman–Crippen MR) is 100 cm³/mol. The van der Waals surface area contributed by atoms with Crippen molar-refractivity contribution in [2.45, 2.75) is 11.5 Å². The normalized spacial score (nSPS) is 9.64. The highest BCUT2D eigenvalue weighted by molar-refractivity contribution is 7.98. The number of rotatable bonds is 6. The molecule has 0 saturated carbocycles. The van der Waals surface area contributed by atoms with E-state index in [0.29, 0.717) is 0 Å². The molecule has 0 aliphatic carbocycles. The lowest BCUT2D eigenvalue weighted by atomic mass is 10.2. The minimum atomic E-state index is 0.926. The molecule has 0 aliphatic rings. The van der Waals surface area contributed by atoms with Crippen LogP contribution in [0, 0.1) is 0 Å². The molecule has 0 atom stereocenters. The van der Waals surface area contributed by atoms with Crippen LogP contribution in [-0.4, -0.2) is 26.7 Å². The summed E-state index contributed by atoms with van der Waals surface area (Å²) in [7, 11) is 3.38. The quantitative estimate of drug-likeness (QED) is 0.729. The van der Waals surface area contributed by atoms with Crippen molar-refractivity contribution in [3.63, 3.8) is 0 Å². The van der Waals surface area contributed by atoms with E-state index in [1.807, 2.05) is 47.8 Å². The van der Waals surface area contributed by atoms with Crippen molar-refractivity contribution < 1.29 is 9.47 Å². The zero-order valence-corrected chi connectivity index (χ0v) is 15.3. The van der Waals surface area contributed by atoms with Gasteiger partial charge in [-0.05, 0) is 47.9 Å².